The lowest BCUT2D eigenvalue weighted by molar-refractivity contribution is 0.125. The molecule has 0 radical (unpaired) electrons. The number of hydrogen-bond acceptors (Lipinski definition) is 5. The van der Waals surface area contributed by atoms with Crippen molar-refractivity contribution in [3.05, 3.63) is 12.1 Å². The van der Waals surface area contributed by atoms with Gasteiger partial charge in [-0.15, -0.1) is 0 Å². The molecule has 5 heteroatoms. The zero-order chi connectivity index (χ0) is 13.6. The van der Waals surface area contributed by atoms with Crippen LogP contribution in [0.4, 0.5) is 11.5 Å². The van der Waals surface area contributed by atoms with Crippen LogP contribution >= 0.6 is 0 Å². The molecular formula is C13H23N3O2. The number of aliphatic hydroxyl groups is 1. The topological polar surface area (TPSA) is 80.4 Å². The first-order valence-electron chi connectivity index (χ1n) is 6.22. The Bertz CT molecular complexity index is 375. The summed E-state index contributed by atoms with van der Waals surface area (Å²) < 4.78 is 5.68. The van der Waals surface area contributed by atoms with E-state index in [1.165, 1.54) is 0 Å². The smallest absolute Gasteiger partial charge is 0.239 e. The maximum atomic E-state index is 8.69. The SMILES string of the molecule is CC(C)(C)Oc1nc(NCCCCO)ccc1N. The van der Waals surface area contributed by atoms with Gasteiger partial charge in [-0.25, -0.2) is 0 Å². The number of ether oxygens (including phenoxy) is 1. The lowest BCUT2D eigenvalue weighted by Gasteiger charge is -2.21. The van der Waals surface area contributed by atoms with Gasteiger partial charge in [0.2, 0.25) is 5.88 Å². The van der Waals surface area contributed by atoms with E-state index in [4.69, 9.17) is 15.6 Å². The second kappa shape index (κ2) is 6.44. The quantitative estimate of drug-likeness (QED) is 0.676. The lowest BCUT2D eigenvalue weighted by atomic mass is 10.2. The van der Waals surface area contributed by atoms with Crippen molar-refractivity contribution < 1.29 is 9.84 Å². The molecule has 0 spiro atoms. The molecule has 0 aromatic carbocycles. The third kappa shape index (κ3) is 5.23. The molecule has 102 valence electrons. The van der Waals surface area contributed by atoms with E-state index >= 15 is 0 Å². The average molecular weight is 253 g/mol. The Kier molecular flexibility index (Phi) is 5.22. The van der Waals surface area contributed by atoms with E-state index in [1.54, 1.807) is 6.07 Å². The number of nitrogen functional groups attached to an aromatic ring is 1. The van der Waals surface area contributed by atoms with Crippen LogP contribution in [0.15, 0.2) is 12.1 Å². The van der Waals surface area contributed by atoms with Crippen molar-refractivity contribution in [2.45, 2.75) is 39.2 Å². The number of nitrogens with one attached hydrogen (secondary N) is 1. The number of hydrogen-bond donors (Lipinski definition) is 3. The van der Waals surface area contributed by atoms with Gasteiger partial charge in [0.1, 0.15) is 11.4 Å². The van der Waals surface area contributed by atoms with Crippen molar-refractivity contribution >= 4 is 11.5 Å². The number of aliphatic hydroxyl groups excluding tert-OH is 1. The molecule has 1 aromatic heterocycles. The minimum absolute atomic E-state index is 0.217. The van der Waals surface area contributed by atoms with Crippen LogP contribution in [0, 0.1) is 0 Å². The van der Waals surface area contributed by atoms with Gasteiger partial charge >= 0.3 is 0 Å². The predicted octanol–water partition coefficient (Wildman–Crippen LogP) is 2.03. The molecule has 5 nitrogen and oxygen atoms in total. The molecule has 0 aliphatic rings. The van der Waals surface area contributed by atoms with Crippen LogP contribution in [-0.2, 0) is 0 Å². The van der Waals surface area contributed by atoms with Crippen molar-refractivity contribution in [3.8, 4) is 5.88 Å². The first kappa shape index (κ1) is 14.6. The van der Waals surface area contributed by atoms with Crippen molar-refractivity contribution in [3.63, 3.8) is 0 Å². The number of pyridine rings is 1. The first-order chi connectivity index (χ1) is 8.42. The minimum atomic E-state index is -0.323. The highest BCUT2D eigenvalue weighted by Crippen LogP contribution is 2.24. The van der Waals surface area contributed by atoms with Crippen molar-refractivity contribution in [2.24, 2.45) is 0 Å². The van der Waals surface area contributed by atoms with E-state index in [-0.39, 0.29) is 12.2 Å². The predicted molar refractivity (Wildman–Crippen MR) is 73.8 cm³/mol. The highest BCUT2D eigenvalue weighted by Gasteiger charge is 2.15. The molecule has 0 saturated heterocycles. The van der Waals surface area contributed by atoms with Gasteiger partial charge in [0, 0.05) is 13.2 Å². The standard InChI is InChI=1S/C13H23N3O2/c1-13(2,3)18-12-10(14)6-7-11(16-12)15-8-4-5-9-17/h6-7,17H,4-5,8-9,14H2,1-3H3,(H,15,16). The molecule has 0 bridgehead atoms. The molecule has 1 aromatic rings. The fraction of sp³-hybridized carbons (Fsp3) is 0.615. The van der Waals surface area contributed by atoms with Gasteiger partial charge in [-0.1, -0.05) is 0 Å². The molecule has 0 aliphatic heterocycles. The molecular weight excluding hydrogens is 230 g/mol. The van der Waals surface area contributed by atoms with Crippen LogP contribution in [0.5, 0.6) is 5.88 Å². The van der Waals surface area contributed by atoms with Gasteiger partial charge in [0.15, 0.2) is 0 Å². The maximum Gasteiger partial charge on any atom is 0.239 e. The van der Waals surface area contributed by atoms with Crippen molar-refractivity contribution in [1.29, 1.82) is 0 Å². The maximum absolute atomic E-state index is 8.69. The highest BCUT2D eigenvalue weighted by molar-refractivity contribution is 5.53. The van der Waals surface area contributed by atoms with Gasteiger partial charge in [0.25, 0.3) is 0 Å². The van der Waals surface area contributed by atoms with Crippen LogP contribution in [0.25, 0.3) is 0 Å². The van der Waals surface area contributed by atoms with E-state index in [0.717, 1.165) is 25.2 Å². The van der Waals surface area contributed by atoms with E-state index in [9.17, 15) is 0 Å². The van der Waals surface area contributed by atoms with Crippen molar-refractivity contribution in [2.75, 3.05) is 24.2 Å². The summed E-state index contributed by atoms with van der Waals surface area (Å²) in [7, 11) is 0. The molecule has 0 unspecified atom stereocenters. The number of nitrogens with zero attached hydrogens (tertiary/aromatic N) is 1. The summed E-state index contributed by atoms with van der Waals surface area (Å²) in [5, 5.41) is 11.9. The number of anilines is 2. The van der Waals surface area contributed by atoms with Gasteiger partial charge in [-0.2, -0.15) is 4.98 Å². The van der Waals surface area contributed by atoms with Gasteiger partial charge < -0.3 is 20.9 Å². The molecule has 1 heterocycles. The van der Waals surface area contributed by atoms with E-state index in [1.807, 2.05) is 26.8 Å². The Hall–Kier alpha value is -1.49. The summed E-state index contributed by atoms with van der Waals surface area (Å²) >= 11 is 0. The number of aromatic nitrogens is 1. The van der Waals surface area contributed by atoms with Crippen LogP contribution in [0.2, 0.25) is 0 Å². The first-order valence-corrected chi connectivity index (χ1v) is 6.22. The normalized spacial score (nSPS) is 11.3. The summed E-state index contributed by atoms with van der Waals surface area (Å²) in [4.78, 5) is 4.33. The number of rotatable bonds is 6. The second-order valence-electron chi connectivity index (χ2n) is 5.16. The Balaban J connectivity index is 2.63. The third-order valence-corrected chi connectivity index (χ3v) is 2.18. The van der Waals surface area contributed by atoms with Crippen molar-refractivity contribution in [1.82, 2.24) is 4.98 Å². The molecule has 4 N–H and O–H groups in total. The Morgan fingerprint density at radius 3 is 2.67 bits per heavy atom. The Morgan fingerprint density at radius 2 is 2.06 bits per heavy atom. The average Bonchev–Trinajstić information content (AvgIpc) is 2.27. The summed E-state index contributed by atoms with van der Waals surface area (Å²) in [5.41, 5.74) is 6.04. The molecule has 0 atom stereocenters. The lowest BCUT2D eigenvalue weighted by Crippen LogP contribution is -2.24. The fourth-order valence-electron chi connectivity index (χ4n) is 1.37. The molecule has 0 amide bonds. The summed E-state index contributed by atoms with van der Waals surface area (Å²) in [5.74, 6) is 1.19. The van der Waals surface area contributed by atoms with Crippen LogP contribution in [0.3, 0.4) is 0 Å². The van der Waals surface area contributed by atoms with Crippen LogP contribution in [-0.4, -0.2) is 28.8 Å². The summed E-state index contributed by atoms with van der Waals surface area (Å²) in [6.07, 6.45) is 1.69. The van der Waals surface area contributed by atoms with E-state index < -0.39 is 0 Å². The molecule has 1 rings (SSSR count). The minimum Gasteiger partial charge on any atom is -0.470 e. The number of nitrogens with two attached hydrogens (primary N) is 1. The van der Waals surface area contributed by atoms with Gasteiger partial charge in [0.05, 0.1) is 5.69 Å². The Morgan fingerprint density at radius 1 is 1.33 bits per heavy atom. The molecule has 18 heavy (non-hydrogen) atoms. The number of unbranched alkanes of at least 4 members (excludes halogenated alkanes) is 1. The summed E-state index contributed by atoms with van der Waals surface area (Å²) in [6.45, 7) is 6.85. The molecule has 0 saturated carbocycles. The molecule has 0 fully saturated rings. The zero-order valence-corrected chi connectivity index (χ0v) is 11.4. The second-order valence-corrected chi connectivity index (χ2v) is 5.16. The zero-order valence-electron chi connectivity index (χ0n) is 11.4. The molecule has 0 aliphatic carbocycles. The Labute approximate surface area is 108 Å². The largest absolute Gasteiger partial charge is 0.470 e. The van der Waals surface area contributed by atoms with E-state index in [0.29, 0.717) is 11.6 Å². The summed E-state index contributed by atoms with van der Waals surface area (Å²) in [6, 6.07) is 3.60. The van der Waals surface area contributed by atoms with Crippen LogP contribution < -0.4 is 15.8 Å². The van der Waals surface area contributed by atoms with E-state index in [2.05, 4.69) is 10.3 Å². The third-order valence-electron chi connectivity index (χ3n) is 2.18. The van der Waals surface area contributed by atoms with Gasteiger partial charge in [-0.05, 0) is 45.7 Å². The monoisotopic (exact) mass is 253 g/mol. The fourth-order valence-corrected chi connectivity index (χ4v) is 1.37. The highest BCUT2D eigenvalue weighted by atomic mass is 16.5. The van der Waals surface area contributed by atoms with Crippen LogP contribution in [0.1, 0.15) is 33.6 Å². The van der Waals surface area contributed by atoms with Gasteiger partial charge in [-0.3, -0.25) is 0 Å².